The van der Waals surface area contributed by atoms with Crippen LogP contribution in [0, 0.1) is 17.8 Å². The molecule has 0 aliphatic heterocycles. The number of fused-ring (bicyclic) bond motifs is 3. The van der Waals surface area contributed by atoms with E-state index < -0.39 is 0 Å². The van der Waals surface area contributed by atoms with Crippen molar-refractivity contribution in [2.24, 2.45) is 17.8 Å². The molecule has 0 atom stereocenters. The van der Waals surface area contributed by atoms with Crippen molar-refractivity contribution in [3.63, 3.8) is 0 Å². The average Bonchev–Trinajstić information content (AvgIpc) is 3.47. The zero-order valence-electron chi connectivity index (χ0n) is 32.6. The summed E-state index contributed by atoms with van der Waals surface area (Å²) >= 11 is 0. The topological polar surface area (TPSA) is 3.24 Å². The summed E-state index contributed by atoms with van der Waals surface area (Å²) < 4.78 is 0. The molecule has 0 aromatic heterocycles. The van der Waals surface area contributed by atoms with E-state index in [1.807, 2.05) is 0 Å². The minimum atomic E-state index is -0.0722. The molecule has 0 unspecified atom stereocenters. The third-order valence-corrected chi connectivity index (χ3v) is 14.3. The van der Waals surface area contributed by atoms with Crippen LogP contribution in [0.1, 0.15) is 69.1 Å². The van der Waals surface area contributed by atoms with Crippen molar-refractivity contribution in [1.82, 2.24) is 0 Å². The molecule has 4 saturated carbocycles. The molecule has 0 saturated heterocycles. The van der Waals surface area contributed by atoms with Gasteiger partial charge in [-0.3, -0.25) is 0 Å². The van der Waals surface area contributed by atoms with Gasteiger partial charge < -0.3 is 4.90 Å². The van der Waals surface area contributed by atoms with Crippen LogP contribution in [0.4, 0.5) is 17.1 Å². The predicted octanol–water partition coefficient (Wildman–Crippen LogP) is 14.9. The molecule has 7 aromatic rings. The minimum Gasteiger partial charge on any atom is -0.310 e. The largest absolute Gasteiger partial charge is 0.310 e. The van der Waals surface area contributed by atoms with Gasteiger partial charge in [-0.2, -0.15) is 0 Å². The van der Waals surface area contributed by atoms with E-state index in [4.69, 9.17) is 0 Å². The number of hydrogen-bond donors (Lipinski definition) is 0. The average molecular weight is 724 g/mol. The highest BCUT2D eigenvalue weighted by Gasteiger charge is 2.51. The fraction of sp³-hybridized carbons (Fsp3) is 0.236. The van der Waals surface area contributed by atoms with Crippen molar-refractivity contribution < 1.29 is 0 Å². The van der Waals surface area contributed by atoms with E-state index in [9.17, 15) is 0 Å². The maximum atomic E-state index is 2.47. The second-order valence-corrected chi connectivity index (χ2v) is 18.0. The summed E-state index contributed by atoms with van der Waals surface area (Å²) in [4.78, 5) is 2.41. The Kier molecular flexibility index (Phi) is 7.79. The van der Waals surface area contributed by atoms with Crippen LogP contribution in [0.3, 0.4) is 0 Å². The molecule has 274 valence electrons. The Morgan fingerprint density at radius 3 is 1.34 bits per heavy atom. The summed E-state index contributed by atoms with van der Waals surface area (Å²) in [5, 5.41) is 0. The number of rotatable bonds is 7. The quantitative estimate of drug-likeness (QED) is 0.158. The Hall–Kier alpha value is -5.66. The third-order valence-electron chi connectivity index (χ3n) is 14.3. The molecular weight excluding hydrogens is 675 g/mol. The highest BCUT2D eigenvalue weighted by Crippen LogP contribution is 2.61. The maximum Gasteiger partial charge on any atom is 0.0465 e. The van der Waals surface area contributed by atoms with Gasteiger partial charge in [-0.05, 0) is 159 Å². The van der Waals surface area contributed by atoms with Gasteiger partial charge in [0.25, 0.3) is 0 Å². The molecule has 0 amide bonds. The Morgan fingerprint density at radius 2 is 0.804 bits per heavy atom. The molecule has 1 heteroatoms. The fourth-order valence-corrected chi connectivity index (χ4v) is 11.9. The molecule has 5 aliphatic rings. The standard InChI is InChI=1S/C55H49N/c1-54(2)52-11-7-6-10-50(52)51-29-28-49(33-53(51)54)56(47-24-18-44(19-25-47)40-8-4-3-5-9-40)48-26-20-45(21-27-48)42-14-12-41(13-15-42)43-16-22-46(23-17-43)55-34-37-30-38(35-55)32-39(31-37)36-55/h3-29,33,37-39H,30-32,34-36H2,1-2H3. The number of anilines is 3. The lowest BCUT2D eigenvalue weighted by Gasteiger charge is -2.57. The van der Waals surface area contributed by atoms with Crippen molar-refractivity contribution in [2.75, 3.05) is 4.90 Å². The SMILES string of the molecule is CC1(C)c2ccccc2-c2ccc(N(c3ccc(-c4ccccc4)cc3)c3ccc(-c4ccc(-c5ccc(C67CC8CC(CC(C8)C6)C7)cc5)cc4)cc3)cc21. The first-order valence-corrected chi connectivity index (χ1v) is 20.9. The van der Waals surface area contributed by atoms with Crippen molar-refractivity contribution in [1.29, 1.82) is 0 Å². The van der Waals surface area contributed by atoms with E-state index in [0.717, 1.165) is 29.1 Å². The van der Waals surface area contributed by atoms with Crippen molar-refractivity contribution in [3.8, 4) is 44.5 Å². The summed E-state index contributed by atoms with van der Waals surface area (Å²) in [5.41, 5.74) is 18.4. The van der Waals surface area contributed by atoms with E-state index in [-0.39, 0.29) is 5.41 Å². The highest BCUT2D eigenvalue weighted by molar-refractivity contribution is 5.86. The summed E-state index contributed by atoms with van der Waals surface area (Å²) in [6.45, 7) is 4.72. The summed E-state index contributed by atoms with van der Waals surface area (Å²) in [6, 6.07) is 63.6. The monoisotopic (exact) mass is 723 g/mol. The van der Waals surface area contributed by atoms with Gasteiger partial charge >= 0.3 is 0 Å². The van der Waals surface area contributed by atoms with E-state index in [0.29, 0.717) is 5.41 Å². The van der Waals surface area contributed by atoms with Gasteiger partial charge in [0, 0.05) is 22.5 Å². The smallest absolute Gasteiger partial charge is 0.0465 e. The lowest BCUT2D eigenvalue weighted by Crippen LogP contribution is -2.48. The molecule has 7 aromatic carbocycles. The van der Waals surface area contributed by atoms with Crippen LogP contribution in [0.2, 0.25) is 0 Å². The molecule has 5 aliphatic carbocycles. The predicted molar refractivity (Wildman–Crippen MR) is 235 cm³/mol. The first-order chi connectivity index (χ1) is 27.4. The first kappa shape index (κ1) is 33.7. The zero-order chi connectivity index (χ0) is 37.4. The molecule has 56 heavy (non-hydrogen) atoms. The van der Waals surface area contributed by atoms with Gasteiger partial charge in [0.05, 0.1) is 0 Å². The van der Waals surface area contributed by atoms with Crippen molar-refractivity contribution >= 4 is 17.1 Å². The first-order valence-electron chi connectivity index (χ1n) is 20.9. The van der Waals surface area contributed by atoms with E-state index in [1.165, 1.54) is 99.8 Å². The molecule has 0 spiro atoms. The number of benzene rings is 7. The normalized spacial score (nSPS) is 22.4. The van der Waals surface area contributed by atoms with Gasteiger partial charge in [-0.15, -0.1) is 0 Å². The third kappa shape index (κ3) is 5.58. The van der Waals surface area contributed by atoms with Crippen LogP contribution in [-0.4, -0.2) is 0 Å². The van der Waals surface area contributed by atoms with Gasteiger partial charge in [-0.25, -0.2) is 0 Å². The second kappa shape index (κ2) is 13.0. The molecule has 1 nitrogen and oxygen atoms in total. The Balaban J connectivity index is 0.888. The summed E-state index contributed by atoms with van der Waals surface area (Å²) in [7, 11) is 0. The van der Waals surface area contributed by atoms with Gasteiger partial charge in [0.1, 0.15) is 0 Å². The van der Waals surface area contributed by atoms with Gasteiger partial charge in [0.2, 0.25) is 0 Å². The molecule has 0 radical (unpaired) electrons. The van der Waals surface area contributed by atoms with Crippen LogP contribution in [-0.2, 0) is 10.8 Å². The molecule has 0 N–H and O–H groups in total. The van der Waals surface area contributed by atoms with Gasteiger partial charge in [0.15, 0.2) is 0 Å². The minimum absolute atomic E-state index is 0.0722. The lowest BCUT2D eigenvalue weighted by molar-refractivity contribution is -0.00518. The molecule has 12 rings (SSSR count). The van der Waals surface area contributed by atoms with Crippen LogP contribution < -0.4 is 4.90 Å². The van der Waals surface area contributed by atoms with Crippen molar-refractivity contribution in [3.05, 3.63) is 187 Å². The Labute approximate surface area is 332 Å². The summed E-state index contributed by atoms with van der Waals surface area (Å²) in [5.74, 6) is 2.92. The molecule has 4 fully saturated rings. The van der Waals surface area contributed by atoms with Crippen LogP contribution >= 0.6 is 0 Å². The van der Waals surface area contributed by atoms with E-state index in [2.05, 4.69) is 189 Å². The van der Waals surface area contributed by atoms with Crippen LogP contribution in [0.15, 0.2) is 170 Å². The maximum absolute atomic E-state index is 2.47. The Bertz CT molecular complexity index is 2510. The van der Waals surface area contributed by atoms with Crippen LogP contribution in [0.5, 0.6) is 0 Å². The van der Waals surface area contributed by atoms with E-state index >= 15 is 0 Å². The number of nitrogens with zero attached hydrogens (tertiary/aromatic N) is 1. The lowest BCUT2D eigenvalue weighted by atomic mass is 9.48. The Morgan fingerprint density at radius 1 is 0.393 bits per heavy atom. The molecule has 0 heterocycles. The molecular formula is C55H49N. The highest BCUT2D eigenvalue weighted by atomic mass is 15.1. The second-order valence-electron chi connectivity index (χ2n) is 18.0. The van der Waals surface area contributed by atoms with Crippen LogP contribution in [0.25, 0.3) is 44.5 Å². The van der Waals surface area contributed by atoms with Crippen molar-refractivity contribution in [2.45, 2.75) is 63.2 Å². The fourth-order valence-electron chi connectivity index (χ4n) is 11.9. The number of hydrogen-bond acceptors (Lipinski definition) is 1. The summed E-state index contributed by atoms with van der Waals surface area (Å²) in [6.07, 6.45) is 8.75. The van der Waals surface area contributed by atoms with E-state index in [1.54, 1.807) is 5.56 Å². The zero-order valence-corrected chi connectivity index (χ0v) is 32.6. The van der Waals surface area contributed by atoms with Gasteiger partial charge in [-0.1, -0.05) is 147 Å². The molecule has 4 bridgehead atoms.